The summed E-state index contributed by atoms with van der Waals surface area (Å²) in [6.07, 6.45) is -0.611. The lowest BCUT2D eigenvalue weighted by Gasteiger charge is -2.08. The second-order valence-electron chi connectivity index (χ2n) is 4.00. The van der Waals surface area contributed by atoms with Gasteiger partial charge in [-0.2, -0.15) is 0 Å². The summed E-state index contributed by atoms with van der Waals surface area (Å²) in [5, 5.41) is 23.9. The molecule has 2 rings (SSSR count). The van der Waals surface area contributed by atoms with Crippen molar-refractivity contribution in [2.75, 3.05) is 40.5 Å². The average molecular weight is 234 g/mol. The van der Waals surface area contributed by atoms with Crippen molar-refractivity contribution in [3.05, 3.63) is 0 Å². The van der Waals surface area contributed by atoms with Crippen LogP contribution in [0.25, 0.3) is 0 Å². The Labute approximate surface area is 95.9 Å². The van der Waals surface area contributed by atoms with E-state index in [-0.39, 0.29) is 24.3 Å². The lowest BCUT2D eigenvalue weighted by atomic mass is 10.2. The van der Waals surface area contributed by atoms with E-state index in [1.54, 1.807) is 0 Å². The fourth-order valence-corrected chi connectivity index (χ4v) is 1.64. The molecule has 0 aromatic carbocycles. The van der Waals surface area contributed by atoms with Gasteiger partial charge >= 0.3 is 0 Å². The Bertz CT molecular complexity index is 174. The van der Waals surface area contributed by atoms with Crippen molar-refractivity contribution < 1.29 is 19.7 Å². The van der Waals surface area contributed by atoms with E-state index < -0.39 is 0 Å². The molecule has 0 saturated carbocycles. The van der Waals surface area contributed by atoms with Crippen molar-refractivity contribution in [3.63, 3.8) is 0 Å². The zero-order valence-corrected chi connectivity index (χ0v) is 9.85. The van der Waals surface area contributed by atoms with Crippen LogP contribution in [0.2, 0.25) is 0 Å². The molecule has 0 spiro atoms. The number of aliphatic hydroxyl groups excluding tert-OH is 2. The van der Waals surface area contributed by atoms with E-state index in [1.165, 1.54) is 0 Å². The smallest absolute Gasteiger partial charge is 0.0948 e. The Morgan fingerprint density at radius 3 is 1.31 bits per heavy atom. The molecule has 2 heterocycles. The molecule has 0 bridgehead atoms. The quantitative estimate of drug-likeness (QED) is 0.439. The molecule has 1 unspecified atom stereocenters. The van der Waals surface area contributed by atoms with Crippen LogP contribution in [0.1, 0.15) is 0 Å². The van der Waals surface area contributed by atoms with Crippen LogP contribution in [-0.4, -0.2) is 75.0 Å². The van der Waals surface area contributed by atoms with E-state index in [9.17, 15) is 0 Å². The molecule has 0 aromatic rings. The third kappa shape index (κ3) is 3.97. The minimum absolute atomic E-state index is 0.148. The minimum Gasteiger partial charge on any atom is -0.389 e. The number of nitrogens with one attached hydrogen (secondary N) is 2. The van der Waals surface area contributed by atoms with E-state index in [0.29, 0.717) is 26.4 Å². The van der Waals surface area contributed by atoms with Crippen LogP contribution >= 0.6 is 0 Å². The highest BCUT2D eigenvalue weighted by Gasteiger charge is 2.24. The van der Waals surface area contributed by atoms with Gasteiger partial charge in [0.1, 0.15) is 0 Å². The highest BCUT2D eigenvalue weighted by atomic mass is 16.5. The van der Waals surface area contributed by atoms with Crippen molar-refractivity contribution in [1.29, 1.82) is 0 Å². The van der Waals surface area contributed by atoms with Crippen molar-refractivity contribution >= 4 is 0 Å². The zero-order chi connectivity index (χ0) is 12.0. The molecule has 16 heavy (non-hydrogen) atoms. The Morgan fingerprint density at radius 2 is 1.19 bits per heavy atom. The normalized spacial score (nSPS) is 38.2. The predicted octanol–water partition coefficient (Wildman–Crippen LogP) is -2.07. The van der Waals surface area contributed by atoms with Crippen LogP contribution in [-0.2, 0) is 9.47 Å². The molecule has 96 valence electrons. The van der Waals surface area contributed by atoms with Gasteiger partial charge in [-0.05, 0) is 14.1 Å². The van der Waals surface area contributed by atoms with Crippen LogP contribution < -0.4 is 10.6 Å². The summed E-state index contributed by atoms with van der Waals surface area (Å²) in [5.74, 6) is 0. The largest absolute Gasteiger partial charge is 0.389 e. The standard InChI is InChI=1S/2C5H11NO2/c2*1-6-4-2-8-3-5(4)7/h2*4-7H,2-3H2,1H3/t4-,5?;4-,5+/m00/s1. The second-order valence-corrected chi connectivity index (χ2v) is 4.00. The summed E-state index contributed by atoms with van der Waals surface area (Å²) in [6, 6.07) is 0.296. The van der Waals surface area contributed by atoms with E-state index in [4.69, 9.17) is 19.7 Å². The second kappa shape index (κ2) is 7.16. The van der Waals surface area contributed by atoms with Gasteiger partial charge < -0.3 is 30.3 Å². The molecular formula is C10H22N2O4. The van der Waals surface area contributed by atoms with Crippen molar-refractivity contribution in [3.8, 4) is 0 Å². The van der Waals surface area contributed by atoms with Crippen molar-refractivity contribution in [1.82, 2.24) is 10.6 Å². The highest BCUT2D eigenvalue weighted by molar-refractivity contribution is 4.79. The maximum atomic E-state index is 9.00. The van der Waals surface area contributed by atoms with Crippen LogP contribution in [0.15, 0.2) is 0 Å². The molecule has 0 amide bonds. The lowest BCUT2D eigenvalue weighted by Crippen LogP contribution is -2.35. The maximum absolute atomic E-state index is 9.00. The third-order valence-corrected chi connectivity index (χ3v) is 2.84. The molecule has 2 fully saturated rings. The van der Waals surface area contributed by atoms with E-state index >= 15 is 0 Å². The summed E-state index contributed by atoms with van der Waals surface area (Å²) < 4.78 is 9.90. The topological polar surface area (TPSA) is 83.0 Å². The number of aliphatic hydroxyl groups is 2. The Kier molecular flexibility index (Phi) is 6.18. The molecule has 0 aliphatic carbocycles. The van der Waals surface area contributed by atoms with Gasteiger partial charge in [0.15, 0.2) is 0 Å². The van der Waals surface area contributed by atoms with Gasteiger partial charge in [0.05, 0.1) is 50.7 Å². The van der Waals surface area contributed by atoms with E-state index in [1.807, 2.05) is 14.1 Å². The van der Waals surface area contributed by atoms with Crippen LogP contribution in [0, 0.1) is 0 Å². The SMILES string of the molecule is CN[C@H]1COCC1O.CN[C@H]1COC[C@H]1O. The lowest BCUT2D eigenvalue weighted by molar-refractivity contribution is 0.123. The molecule has 6 nitrogen and oxygen atoms in total. The highest BCUT2D eigenvalue weighted by Crippen LogP contribution is 2.03. The van der Waals surface area contributed by atoms with Gasteiger partial charge in [-0.1, -0.05) is 0 Å². The first kappa shape index (κ1) is 13.8. The zero-order valence-electron chi connectivity index (χ0n) is 9.85. The van der Waals surface area contributed by atoms with Gasteiger partial charge in [-0.3, -0.25) is 0 Å². The number of likely N-dealkylation sites (N-methyl/N-ethyl adjacent to an activating group) is 2. The monoisotopic (exact) mass is 234 g/mol. The molecule has 2 saturated heterocycles. The fraction of sp³-hybridized carbons (Fsp3) is 1.00. The molecule has 2 aliphatic heterocycles. The van der Waals surface area contributed by atoms with Crippen LogP contribution in [0.5, 0.6) is 0 Å². The molecule has 4 N–H and O–H groups in total. The summed E-state index contributed by atoms with van der Waals surface area (Å²) in [7, 11) is 3.64. The number of rotatable bonds is 2. The first-order valence-corrected chi connectivity index (χ1v) is 5.55. The Morgan fingerprint density at radius 1 is 0.812 bits per heavy atom. The van der Waals surface area contributed by atoms with Gasteiger partial charge in [0.25, 0.3) is 0 Å². The maximum Gasteiger partial charge on any atom is 0.0948 e. The average Bonchev–Trinajstić information content (AvgIpc) is 2.87. The summed E-state index contributed by atoms with van der Waals surface area (Å²) in [5.41, 5.74) is 0. The summed E-state index contributed by atoms with van der Waals surface area (Å²) in [6.45, 7) is 2.23. The Hall–Kier alpha value is -0.240. The number of hydrogen-bond acceptors (Lipinski definition) is 6. The van der Waals surface area contributed by atoms with E-state index in [0.717, 1.165) is 0 Å². The van der Waals surface area contributed by atoms with Gasteiger partial charge in [-0.25, -0.2) is 0 Å². The fourth-order valence-electron chi connectivity index (χ4n) is 1.64. The van der Waals surface area contributed by atoms with Crippen LogP contribution in [0.3, 0.4) is 0 Å². The summed E-state index contributed by atoms with van der Waals surface area (Å²) in [4.78, 5) is 0. The number of ether oxygens (including phenoxy) is 2. The third-order valence-electron chi connectivity index (χ3n) is 2.84. The van der Waals surface area contributed by atoms with Gasteiger partial charge in [0.2, 0.25) is 0 Å². The Balaban J connectivity index is 0.000000160. The molecule has 6 heteroatoms. The van der Waals surface area contributed by atoms with Crippen molar-refractivity contribution in [2.24, 2.45) is 0 Å². The first-order valence-electron chi connectivity index (χ1n) is 5.55. The molecule has 2 aliphatic rings. The summed E-state index contributed by atoms with van der Waals surface area (Å²) >= 11 is 0. The van der Waals surface area contributed by atoms with E-state index in [2.05, 4.69) is 10.6 Å². The van der Waals surface area contributed by atoms with Gasteiger partial charge in [0, 0.05) is 0 Å². The van der Waals surface area contributed by atoms with Crippen LogP contribution in [0.4, 0.5) is 0 Å². The van der Waals surface area contributed by atoms with Crippen molar-refractivity contribution in [2.45, 2.75) is 24.3 Å². The molecule has 4 atom stereocenters. The molecular weight excluding hydrogens is 212 g/mol. The molecule has 0 aromatic heterocycles. The first-order chi connectivity index (χ1) is 7.69. The predicted molar refractivity (Wildman–Crippen MR) is 59.3 cm³/mol. The number of hydrogen-bond donors (Lipinski definition) is 4. The van der Waals surface area contributed by atoms with Gasteiger partial charge in [-0.15, -0.1) is 0 Å². The molecule has 0 radical (unpaired) electrons. The minimum atomic E-state index is -0.306.